The molecule has 2 aromatic heterocycles. The van der Waals surface area contributed by atoms with Crippen molar-refractivity contribution in [2.75, 3.05) is 7.11 Å². The van der Waals surface area contributed by atoms with Crippen LogP contribution >= 0.6 is 27.3 Å². The summed E-state index contributed by atoms with van der Waals surface area (Å²) in [6, 6.07) is 7.39. The first-order valence-corrected chi connectivity index (χ1v) is 9.53. The Morgan fingerprint density at radius 1 is 1.35 bits per heavy atom. The number of thiazole rings is 1. The van der Waals surface area contributed by atoms with Crippen molar-refractivity contribution in [2.45, 2.75) is 26.9 Å². The van der Waals surface area contributed by atoms with Gasteiger partial charge in [0.1, 0.15) is 6.54 Å². The van der Waals surface area contributed by atoms with E-state index < -0.39 is 11.9 Å². The fourth-order valence-corrected chi connectivity index (χ4v) is 4.14. The Kier molecular flexibility index (Phi) is 5.38. The van der Waals surface area contributed by atoms with Crippen LogP contribution in [0.2, 0.25) is 0 Å². The molecule has 0 aliphatic rings. The number of carbonyl (C=O) groups excluding carboxylic acids is 2. The molecular weight excluding hydrogens is 420 g/mol. The summed E-state index contributed by atoms with van der Waals surface area (Å²) in [4.78, 5) is 29.0. The summed E-state index contributed by atoms with van der Waals surface area (Å²) in [7, 11) is 1.33. The molecule has 7 nitrogen and oxygen atoms in total. The van der Waals surface area contributed by atoms with E-state index >= 15 is 0 Å². The molecule has 0 radical (unpaired) electrons. The molecule has 9 heteroatoms. The zero-order valence-electron chi connectivity index (χ0n) is 14.5. The number of rotatable bonds is 4. The van der Waals surface area contributed by atoms with Gasteiger partial charge in [-0.3, -0.25) is 14.3 Å². The topological polar surface area (TPSA) is 78.5 Å². The second kappa shape index (κ2) is 7.55. The molecule has 3 aromatic rings. The summed E-state index contributed by atoms with van der Waals surface area (Å²) in [5.41, 5.74) is 1.99. The van der Waals surface area contributed by atoms with Crippen molar-refractivity contribution in [3.8, 4) is 0 Å². The zero-order chi connectivity index (χ0) is 18.8. The third kappa shape index (κ3) is 3.63. The molecule has 0 fully saturated rings. The average Bonchev–Trinajstić information content (AvgIpc) is 3.15. The van der Waals surface area contributed by atoms with Crippen LogP contribution in [0, 0.1) is 6.92 Å². The number of aryl methyl sites for hydroxylation is 2. The lowest BCUT2D eigenvalue weighted by Crippen LogP contribution is -2.22. The van der Waals surface area contributed by atoms with E-state index in [1.165, 1.54) is 18.4 Å². The first-order valence-electron chi connectivity index (χ1n) is 7.92. The van der Waals surface area contributed by atoms with Gasteiger partial charge < -0.3 is 9.30 Å². The second-order valence-corrected chi connectivity index (χ2v) is 7.49. The minimum absolute atomic E-state index is 0.0212. The van der Waals surface area contributed by atoms with E-state index in [1.807, 2.05) is 32.0 Å². The number of methoxy groups -OCH3 is 1. The van der Waals surface area contributed by atoms with E-state index in [2.05, 4.69) is 26.0 Å². The molecule has 1 amide bonds. The van der Waals surface area contributed by atoms with Crippen molar-refractivity contribution in [2.24, 2.45) is 4.99 Å². The number of ether oxygens (including phenoxy) is 1. The van der Waals surface area contributed by atoms with Crippen LogP contribution in [0.25, 0.3) is 10.2 Å². The third-order valence-electron chi connectivity index (χ3n) is 3.86. The molecule has 136 valence electrons. The quantitative estimate of drug-likeness (QED) is 0.588. The summed E-state index contributed by atoms with van der Waals surface area (Å²) >= 11 is 4.77. The number of esters is 1. The number of benzene rings is 1. The highest BCUT2D eigenvalue weighted by atomic mass is 79.9. The maximum absolute atomic E-state index is 12.6. The lowest BCUT2D eigenvalue weighted by Gasteiger charge is -2.03. The van der Waals surface area contributed by atoms with Crippen LogP contribution in [0.4, 0.5) is 0 Å². The number of hydrogen-bond donors (Lipinski definition) is 0. The molecule has 3 rings (SSSR count). The van der Waals surface area contributed by atoms with Crippen LogP contribution in [-0.2, 0) is 22.6 Å². The summed E-state index contributed by atoms with van der Waals surface area (Å²) in [6.07, 6.45) is 0. The highest BCUT2D eigenvalue weighted by Gasteiger charge is 2.15. The van der Waals surface area contributed by atoms with Crippen molar-refractivity contribution in [3.63, 3.8) is 0 Å². The molecule has 0 saturated heterocycles. The number of aromatic nitrogens is 3. The minimum atomic E-state index is -0.440. The van der Waals surface area contributed by atoms with Gasteiger partial charge in [-0.1, -0.05) is 27.3 Å². The molecule has 0 N–H and O–H groups in total. The molecule has 0 aliphatic carbocycles. The maximum atomic E-state index is 12.6. The minimum Gasteiger partial charge on any atom is -0.468 e. The SMILES string of the molecule is CCn1nc(C(=O)N=c2sc3cc(Br)ccc3n2CC(=O)OC)cc1C. The average molecular weight is 437 g/mol. The lowest BCUT2D eigenvalue weighted by atomic mass is 10.3. The number of carbonyl (C=O) groups is 2. The molecule has 0 aliphatic heterocycles. The number of amides is 1. The number of hydrogen-bond acceptors (Lipinski definition) is 5. The molecule has 1 aromatic carbocycles. The Hall–Kier alpha value is -2.26. The van der Waals surface area contributed by atoms with Crippen LogP contribution in [0.15, 0.2) is 33.7 Å². The zero-order valence-corrected chi connectivity index (χ0v) is 16.9. The molecular formula is C17H17BrN4O3S. The highest BCUT2D eigenvalue weighted by molar-refractivity contribution is 9.10. The molecule has 0 saturated carbocycles. The normalized spacial score (nSPS) is 11.9. The van der Waals surface area contributed by atoms with Gasteiger partial charge in [0.05, 0.1) is 17.3 Å². The molecule has 2 heterocycles. The molecule has 0 spiro atoms. The van der Waals surface area contributed by atoms with Crippen molar-refractivity contribution < 1.29 is 14.3 Å². The Morgan fingerprint density at radius 3 is 2.77 bits per heavy atom. The predicted molar refractivity (Wildman–Crippen MR) is 102 cm³/mol. The van der Waals surface area contributed by atoms with Gasteiger partial charge >= 0.3 is 5.97 Å². The summed E-state index contributed by atoms with van der Waals surface area (Å²) in [5.74, 6) is -0.850. The second-order valence-electron chi connectivity index (χ2n) is 5.56. The number of nitrogens with zero attached hydrogens (tertiary/aromatic N) is 4. The van der Waals surface area contributed by atoms with Crippen molar-refractivity contribution in [3.05, 3.63) is 44.9 Å². The van der Waals surface area contributed by atoms with E-state index in [9.17, 15) is 9.59 Å². The fourth-order valence-electron chi connectivity index (χ4n) is 2.56. The van der Waals surface area contributed by atoms with Gasteiger partial charge in [-0.2, -0.15) is 10.1 Å². The third-order valence-corrected chi connectivity index (χ3v) is 5.39. The smallest absolute Gasteiger partial charge is 0.325 e. The van der Waals surface area contributed by atoms with E-state index in [1.54, 1.807) is 15.3 Å². The van der Waals surface area contributed by atoms with E-state index in [4.69, 9.17) is 4.74 Å². The summed E-state index contributed by atoms with van der Waals surface area (Å²) < 4.78 is 10.0. The van der Waals surface area contributed by atoms with Gasteiger partial charge in [0.2, 0.25) is 0 Å². The lowest BCUT2D eigenvalue weighted by molar-refractivity contribution is -0.141. The van der Waals surface area contributed by atoms with Crippen molar-refractivity contribution in [1.29, 1.82) is 0 Å². The van der Waals surface area contributed by atoms with Crippen LogP contribution in [0.3, 0.4) is 0 Å². The number of halogens is 1. The fraction of sp³-hybridized carbons (Fsp3) is 0.294. The largest absolute Gasteiger partial charge is 0.468 e. The van der Waals surface area contributed by atoms with E-state index in [0.717, 1.165) is 20.4 Å². The Labute approximate surface area is 162 Å². The van der Waals surface area contributed by atoms with Crippen LogP contribution in [0.1, 0.15) is 23.1 Å². The number of fused-ring (bicyclic) bond motifs is 1. The van der Waals surface area contributed by atoms with Gasteiger partial charge in [-0.25, -0.2) is 0 Å². The van der Waals surface area contributed by atoms with Gasteiger partial charge in [-0.15, -0.1) is 0 Å². The predicted octanol–water partition coefficient (Wildman–Crippen LogP) is 2.90. The molecule has 0 bridgehead atoms. The molecule has 0 unspecified atom stereocenters. The van der Waals surface area contributed by atoms with Crippen molar-refractivity contribution in [1.82, 2.24) is 14.3 Å². The van der Waals surface area contributed by atoms with Crippen LogP contribution in [-0.4, -0.2) is 33.3 Å². The van der Waals surface area contributed by atoms with E-state index in [-0.39, 0.29) is 12.2 Å². The standard InChI is InChI=1S/C17H17BrN4O3S/c1-4-22-10(2)7-12(20-22)16(24)19-17-21(9-15(23)25-3)13-6-5-11(18)8-14(13)26-17/h5-8H,4,9H2,1-3H3. The first kappa shape index (κ1) is 18.5. The van der Waals surface area contributed by atoms with Crippen LogP contribution in [0.5, 0.6) is 0 Å². The van der Waals surface area contributed by atoms with Crippen LogP contribution < -0.4 is 4.80 Å². The van der Waals surface area contributed by atoms with Gasteiger partial charge in [0, 0.05) is 16.7 Å². The molecule has 0 atom stereocenters. The first-order chi connectivity index (χ1) is 12.4. The maximum Gasteiger partial charge on any atom is 0.325 e. The monoisotopic (exact) mass is 436 g/mol. The summed E-state index contributed by atoms with van der Waals surface area (Å²) in [5, 5.41) is 4.27. The van der Waals surface area contributed by atoms with Gasteiger partial charge in [0.15, 0.2) is 10.5 Å². The summed E-state index contributed by atoms with van der Waals surface area (Å²) in [6.45, 7) is 4.51. The Morgan fingerprint density at radius 2 is 2.12 bits per heavy atom. The molecule has 26 heavy (non-hydrogen) atoms. The Balaban J connectivity index is 2.12. The van der Waals surface area contributed by atoms with Gasteiger partial charge in [-0.05, 0) is 38.1 Å². The van der Waals surface area contributed by atoms with Gasteiger partial charge in [0.25, 0.3) is 5.91 Å². The Bertz CT molecular complexity index is 1060. The highest BCUT2D eigenvalue weighted by Crippen LogP contribution is 2.22. The van der Waals surface area contributed by atoms with Crippen molar-refractivity contribution >= 4 is 49.4 Å². The van der Waals surface area contributed by atoms with E-state index in [0.29, 0.717) is 11.3 Å².